The van der Waals surface area contributed by atoms with Gasteiger partial charge in [0, 0.05) is 18.5 Å². The number of halogens is 3. The molecule has 8 heteroatoms. The molecule has 1 amide bonds. The third-order valence-corrected chi connectivity index (χ3v) is 5.92. The Morgan fingerprint density at radius 2 is 1.82 bits per heavy atom. The number of rotatable bonds is 5. The Bertz CT molecular complexity index is 715. The van der Waals surface area contributed by atoms with Crippen molar-refractivity contribution in [2.45, 2.75) is 37.4 Å². The summed E-state index contributed by atoms with van der Waals surface area (Å²) < 4.78 is 44.9. The fourth-order valence-corrected chi connectivity index (χ4v) is 4.10. The molecular formula is C20H25F3N2O3. The number of methoxy groups -OCH3 is 1. The van der Waals surface area contributed by atoms with Gasteiger partial charge in [-0.3, -0.25) is 9.59 Å². The third kappa shape index (κ3) is 4.16. The highest BCUT2D eigenvalue weighted by Gasteiger charge is 2.55. The van der Waals surface area contributed by atoms with Gasteiger partial charge in [0.2, 0.25) is 0 Å². The van der Waals surface area contributed by atoms with Gasteiger partial charge in [-0.1, -0.05) is 30.3 Å². The molecule has 2 atom stereocenters. The number of hydrogen-bond donors (Lipinski definition) is 0. The van der Waals surface area contributed by atoms with Crippen LogP contribution in [0.4, 0.5) is 13.2 Å². The van der Waals surface area contributed by atoms with E-state index in [2.05, 4.69) is 0 Å². The summed E-state index contributed by atoms with van der Waals surface area (Å²) in [6.07, 6.45) is -3.79. The molecule has 2 fully saturated rings. The van der Waals surface area contributed by atoms with Crippen LogP contribution in [0.25, 0.3) is 0 Å². The van der Waals surface area contributed by atoms with Gasteiger partial charge in [0.05, 0.1) is 12.5 Å². The maximum Gasteiger partial charge on any atom is 0.471 e. The van der Waals surface area contributed by atoms with E-state index in [0.717, 1.165) is 10.5 Å². The Balaban J connectivity index is 1.87. The largest absolute Gasteiger partial charge is 0.471 e. The zero-order chi connectivity index (χ0) is 20.5. The van der Waals surface area contributed by atoms with E-state index in [1.807, 2.05) is 42.3 Å². The van der Waals surface area contributed by atoms with E-state index in [0.29, 0.717) is 32.4 Å². The number of carbonyl (C=O) groups is 2. The molecule has 1 aromatic carbocycles. The average molecular weight is 398 g/mol. The molecule has 1 aliphatic carbocycles. The molecule has 1 aliphatic heterocycles. The predicted octanol–water partition coefficient (Wildman–Crippen LogP) is 2.82. The smallest absolute Gasteiger partial charge is 0.469 e. The maximum absolute atomic E-state index is 13.3. The molecule has 154 valence electrons. The number of nitrogens with zero attached hydrogens (tertiary/aromatic N) is 2. The van der Waals surface area contributed by atoms with Gasteiger partial charge in [-0.15, -0.1) is 0 Å². The zero-order valence-electron chi connectivity index (χ0n) is 16.0. The summed E-state index contributed by atoms with van der Waals surface area (Å²) in [5.74, 6) is -2.57. The summed E-state index contributed by atoms with van der Waals surface area (Å²) in [4.78, 5) is 27.7. The van der Waals surface area contributed by atoms with Gasteiger partial charge in [0.15, 0.2) is 0 Å². The van der Waals surface area contributed by atoms with Crippen molar-refractivity contribution in [3.8, 4) is 0 Å². The van der Waals surface area contributed by atoms with Crippen LogP contribution in [-0.4, -0.2) is 67.7 Å². The molecule has 1 heterocycles. The highest BCUT2D eigenvalue weighted by molar-refractivity contribution is 5.84. The lowest BCUT2D eigenvalue weighted by molar-refractivity contribution is -0.189. The van der Waals surface area contributed by atoms with Gasteiger partial charge in [0.25, 0.3) is 0 Å². The van der Waals surface area contributed by atoms with Crippen LogP contribution in [-0.2, 0) is 14.3 Å². The Morgan fingerprint density at radius 1 is 1.21 bits per heavy atom. The monoisotopic (exact) mass is 398 g/mol. The number of ether oxygens (including phenoxy) is 1. The van der Waals surface area contributed by atoms with Crippen LogP contribution < -0.4 is 0 Å². The number of amides is 1. The van der Waals surface area contributed by atoms with Crippen molar-refractivity contribution >= 4 is 11.9 Å². The van der Waals surface area contributed by atoms with Crippen LogP contribution in [0, 0.1) is 5.41 Å². The molecule has 1 aromatic rings. The van der Waals surface area contributed by atoms with Crippen LogP contribution in [0.1, 0.15) is 30.7 Å². The molecule has 2 aliphatic rings. The molecule has 1 saturated heterocycles. The van der Waals surface area contributed by atoms with Gasteiger partial charge in [-0.05, 0) is 45.0 Å². The van der Waals surface area contributed by atoms with E-state index < -0.39 is 29.5 Å². The van der Waals surface area contributed by atoms with E-state index in [9.17, 15) is 22.8 Å². The summed E-state index contributed by atoms with van der Waals surface area (Å²) >= 11 is 0. The minimum atomic E-state index is -4.98. The van der Waals surface area contributed by atoms with Gasteiger partial charge in [-0.2, -0.15) is 13.2 Å². The second kappa shape index (κ2) is 7.73. The molecular weight excluding hydrogens is 373 g/mol. The lowest BCUT2D eigenvalue weighted by atomic mass is 9.77. The van der Waals surface area contributed by atoms with Gasteiger partial charge < -0.3 is 14.5 Å². The van der Waals surface area contributed by atoms with Crippen LogP contribution in [0.2, 0.25) is 0 Å². The second-order valence-electron chi connectivity index (χ2n) is 7.83. The highest BCUT2D eigenvalue weighted by atomic mass is 19.4. The Morgan fingerprint density at radius 3 is 2.36 bits per heavy atom. The van der Waals surface area contributed by atoms with Crippen molar-refractivity contribution in [2.75, 3.05) is 33.8 Å². The summed E-state index contributed by atoms with van der Waals surface area (Å²) in [6, 6.07) is 8.64. The molecule has 0 spiro atoms. The first kappa shape index (κ1) is 20.6. The molecule has 2 unspecified atom stereocenters. The molecule has 0 bridgehead atoms. The minimum absolute atomic E-state index is 0.145. The Hall–Kier alpha value is -2.09. The first-order chi connectivity index (χ1) is 13.2. The first-order valence-electron chi connectivity index (χ1n) is 9.38. The van der Waals surface area contributed by atoms with E-state index in [1.54, 1.807) is 0 Å². The number of alkyl halides is 3. The van der Waals surface area contributed by atoms with Crippen molar-refractivity contribution in [2.24, 2.45) is 5.41 Å². The molecule has 5 nitrogen and oxygen atoms in total. The SMILES string of the molecule is COC(=O)C1(CN(C(=O)C(F)(F)F)C2CC2c2ccccc2)CCN(C)CC1. The second-order valence-corrected chi connectivity index (χ2v) is 7.83. The topological polar surface area (TPSA) is 49.9 Å². The fourth-order valence-electron chi connectivity index (χ4n) is 4.10. The number of benzene rings is 1. The Labute approximate surface area is 162 Å². The zero-order valence-corrected chi connectivity index (χ0v) is 16.0. The van der Waals surface area contributed by atoms with Crippen LogP contribution in [0.5, 0.6) is 0 Å². The standard InChI is InChI=1S/C20H25F3N2O3/c1-24-10-8-19(9-11-24,18(27)28-2)13-25(17(26)20(21,22)23)16-12-15(16)14-6-4-3-5-7-14/h3-7,15-16H,8-13H2,1-2H3. The van der Waals surface area contributed by atoms with Crippen molar-refractivity contribution in [1.29, 1.82) is 0 Å². The van der Waals surface area contributed by atoms with Crippen molar-refractivity contribution in [3.05, 3.63) is 35.9 Å². The number of likely N-dealkylation sites (tertiary alicyclic amines) is 1. The minimum Gasteiger partial charge on any atom is -0.469 e. The summed E-state index contributed by atoms with van der Waals surface area (Å²) in [5, 5.41) is 0. The summed E-state index contributed by atoms with van der Waals surface area (Å²) in [6.45, 7) is 0.867. The van der Waals surface area contributed by atoms with Crippen molar-refractivity contribution < 1.29 is 27.5 Å². The summed E-state index contributed by atoms with van der Waals surface area (Å²) in [5.41, 5.74) is -0.200. The van der Waals surface area contributed by atoms with E-state index in [1.165, 1.54) is 7.11 Å². The molecule has 0 N–H and O–H groups in total. The number of esters is 1. The predicted molar refractivity (Wildman–Crippen MR) is 96.5 cm³/mol. The summed E-state index contributed by atoms with van der Waals surface area (Å²) in [7, 11) is 3.13. The highest BCUT2D eigenvalue weighted by Crippen LogP contribution is 2.47. The number of piperidine rings is 1. The first-order valence-corrected chi connectivity index (χ1v) is 9.38. The lowest BCUT2D eigenvalue weighted by Crippen LogP contribution is -2.54. The average Bonchev–Trinajstić information content (AvgIpc) is 3.47. The van der Waals surface area contributed by atoms with E-state index in [-0.39, 0.29) is 12.5 Å². The van der Waals surface area contributed by atoms with Crippen LogP contribution in [0.15, 0.2) is 30.3 Å². The molecule has 0 aromatic heterocycles. The van der Waals surface area contributed by atoms with Crippen LogP contribution in [0.3, 0.4) is 0 Å². The maximum atomic E-state index is 13.3. The molecule has 3 rings (SSSR count). The van der Waals surface area contributed by atoms with E-state index >= 15 is 0 Å². The molecule has 1 saturated carbocycles. The Kier molecular flexibility index (Phi) is 5.70. The number of carbonyl (C=O) groups excluding carboxylic acids is 2. The lowest BCUT2D eigenvalue weighted by Gasteiger charge is -2.41. The van der Waals surface area contributed by atoms with Gasteiger partial charge in [-0.25, -0.2) is 0 Å². The number of hydrogen-bond acceptors (Lipinski definition) is 4. The molecule has 28 heavy (non-hydrogen) atoms. The quantitative estimate of drug-likeness (QED) is 0.716. The van der Waals surface area contributed by atoms with Crippen molar-refractivity contribution in [1.82, 2.24) is 9.80 Å². The fraction of sp³-hybridized carbons (Fsp3) is 0.600. The van der Waals surface area contributed by atoms with Crippen LogP contribution >= 0.6 is 0 Å². The van der Waals surface area contributed by atoms with Gasteiger partial charge >= 0.3 is 18.1 Å². The molecule has 0 radical (unpaired) electrons. The third-order valence-electron chi connectivity index (χ3n) is 5.92. The van der Waals surface area contributed by atoms with Gasteiger partial charge in [0.1, 0.15) is 0 Å². The van der Waals surface area contributed by atoms with E-state index in [4.69, 9.17) is 4.74 Å². The van der Waals surface area contributed by atoms with Crippen molar-refractivity contribution in [3.63, 3.8) is 0 Å². The normalized spacial score (nSPS) is 24.5.